The van der Waals surface area contributed by atoms with E-state index in [1.807, 2.05) is 25.1 Å². The second-order valence-electron chi connectivity index (χ2n) is 5.80. The van der Waals surface area contributed by atoms with E-state index in [4.69, 9.17) is 11.6 Å². The van der Waals surface area contributed by atoms with E-state index < -0.39 is 5.54 Å². The first-order valence-corrected chi connectivity index (χ1v) is 7.44. The molecule has 1 aliphatic heterocycles. The van der Waals surface area contributed by atoms with Crippen molar-refractivity contribution < 1.29 is 9.90 Å². The van der Waals surface area contributed by atoms with E-state index in [9.17, 15) is 9.90 Å². The molecule has 2 aliphatic rings. The second kappa shape index (κ2) is 4.81. The molecule has 1 spiro atoms. The summed E-state index contributed by atoms with van der Waals surface area (Å²) in [6, 6.07) is 5.53. The van der Waals surface area contributed by atoms with Gasteiger partial charge in [0.15, 0.2) is 0 Å². The molecule has 106 valence electrons. The van der Waals surface area contributed by atoms with Crippen LogP contribution in [0.5, 0.6) is 0 Å². The molecule has 3 nitrogen and oxygen atoms in total. The smallest absolute Gasteiger partial charge is 0.256 e. The summed E-state index contributed by atoms with van der Waals surface area (Å²) in [5, 5.41) is 14.1. The Kier molecular flexibility index (Phi) is 3.25. The van der Waals surface area contributed by atoms with Crippen LogP contribution in [-0.4, -0.2) is 16.6 Å². The minimum absolute atomic E-state index is 0.174. The van der Waals surface area contributed by atoms with Crippen molar-refractivity contribution in [3.8, 4) is 0 Å². The lowest BCUT2D eigenvalue weighted by atomic mass is 9.80. The highest BCUT2D eigenvalue weighted by atomic mass is 35.5. The predicted molar refractivity (Wildman–Crippen MR) is 79.7 cm³/mol. The number of hydrogen-bond donors (Lipinski definition) is 2. The SMILES string of the molecule is Cc1ccc(C2=C(O)C3(CCCCC3)NC2=O)c(Cl)c1. The van der Waals surface area contributed by atoms with Gasteiger partial charge in [0.1, 0.15) is 5.76 Å². The van der Waals surface area contributed by atoms with E-state index in [0.717, 1.165) is 37.7 Å². The van der Waals surface area contributed by atoms with Crippen molar-refractivity contribution in [1.82, 2.24) is 5.32 Å². The van der Waals surface area contributed by atoms with Crippen LogP contribution in [0, 0.1) is 6.92 Å². The van der Waals surface area contributed by atoms with Gasteiger partial charge in [-0.1, -0.05) is 43.0 Å². The number of halogens is 1. The fraction of sp³-hybridized carbons (Fsp3) is 0.438. The molecular formula is C16H18ClNO2. The maximum atomic E-state index is 12.3. The third-order valence-electron chi connectivity index (χ3n) is 4.37. The summed E-state index contributed by atoms with van der Waals surface area (Å²) < 4.78 is 0. The van der Waals surface area contributed by atoms with Crippen molar-refractivity contribution in [2.75, 3.05) is 0 Å². The second-order valence-corrected chi connectivity index (χ2v) is 6.21. The Morgan fingerprint density at radius 3 is 2.60 bits per heavy atom. The molecule has 3 rings (SSSR count). The molecule has 0 saturated heterocycles. The lowest BCUT2D eigenvalue weighted by Gasteiger charge is -2.33. The summed E-state index contributed by atoms with van der Waals surface area (Å²) in [7, 11) is 0. The monoisotopic (exact) mass is 291 g/mol. The lowest BCUT2D eigenvalue weighted by molar-refractivity contribution is -0.116. The molecule has 1 fully saturated rings. The number of aliphatic hydroxyl groups is 1. The highest BCUT2D eigenvalue weighted by Crippen LogP contribution is 2.42. The first kappa shape index (κ1) is 13.5. The molecule has 1 aromatic carbocycles. The van der Waals surface area contributed by atoms with E-state index in [1.165, 1.54) is 0 Å². The lowest BCUT2D eigenvalue weighted by Crippen LogP contribution is -2.46. The van der Waals surface area contributed by atoms with Gasteiger partial charge in [-0.25, -0.2) is 0 Å². The Balaban J connectivity index is 2.09. The zero-order valence-electron chi connectivity index (χ0n) is 11.5. The first-order chi connectivity index (χ1) is 9.53. The molecule has 20 heavy (non-hydrogen) atoms. The van der Waals surface area contributed by atoms with Crippen LogP contribution >= 0.6 is 11.6 Å². The molecule has 1 aromatic rings. The minimum Gasteiger partial charge on any atom is -0.509 e. The Labute approximate surface area is 123 Å². The van der Waals surface area contributed by atoms with Gasteiger partial charge in [0.2, 0.25) is 0 Å². The van der Waals surface area contributed by atoms with E-state index >= 15 is 0 Å². The molecule has 2 N–H and O–H groups in total. The van der Waals surface area contributed by atoms with Crippen LogP contribution in [0.25, 0.3) is 5.57 Å². The van der Waals surface area contributed by atoms with Crippen LogP contribution in [0.3, 0.4) is 0 Å². The number of benzene rings is 1. The largest absolute Gasteiger partial charge is 0.509 e. The summed E-state index contributed by atoms with van der Waals surface area (Å²) in [4.78, 5) is 12.3. The molecule has 0 atom stereocenters. The average Bonchev–Trinajstić information content (AvgIpc) is 2.63. The molecule has 0 unspecified atom stereocenters. The van der Waals surface area contributed by atoms with Crippen molar-refractivity contribution >= 4 is 23.1 Å². The van der Waals surface area contributed by atoms with Gasteiger partial charge >= 0.3 is 0 Å². The van der Waals surface area contributed by atoms with Crippen molar-refractivity contribution in [3.63, 3.8) is 0 Å². The molecule has 1 heterocycles. The van der Waals surface area contributed by atoms with Gasteiger partial charge in [0.25, 0.3) is 5.91 Å². The number of carbonyl (C=O) groups excluding carboxylic acids is 1. The Morgan fingerprint density at radius 2 is 1.95 bits per heavy atom. The summed E-state index contributed by atoms with van der Waals surface area (Å²) in [5.74, 6) is -0.0388. The van der Waals surface area contributed by atoms with Crippen LogP contribution in [0.2, 0.25) is 5.02 Å². The van der Waals surface area contributed by atoms with Crippen LogP contribution in [0.1, 0.15) is 43.2 Å². The minimum atomic E-state index is -0.557. The molecular weight excluding hydrogens is 274 g/mol. The van der Waals surface area contributed by atoms with Crippen LogP contribution in [-0.2, 0) is 4.79 Å². The summed E-state index contributed by atoms with van der Waals surface area (Å²) in [6.07, 6.45) is 4.82. The van der Waals surface area contributed by atoms with E-state index in [2.05, 4.69) is 5.32 Å². The fourth-order valence-corrected chi connectivity index (χ4v) is 3.61. The van der Waals surface area contributed by atoms with Gasteiger partial charge in [0, 0.05) is 10.6 Å². The molecule has 1 saturated carbocycles. The van der Waals surface area contributed by atoms with Crippen molar-refractivity contribution in [2.24, 2.45) is 0 Å². The Bertz CT molecular complexity index is 600. The highest BCUT2D eigenvalue weighted by molar-refractivity contribution is 6.35. The third-order valence-corrected chi connectivity index (χ3v) is 4.68. The van der Waals surface area contributed by atoms with Gasteiger partial charge in [-0.15, -0.1) is 0 Å². The zero-order valence-corrected chi connectivity index (χ0v) is 12.3. The maximum Gasteiger partial charge on any atom is 0.256 e. The Hall–Kier alpha value is -1.48. The number of aliphatic hydroxyl groups excluding tert-OH is 1. The van der Waals surface area contributed by atoms with Gasteiger partial charge in [0.05, 0.1) is 11.1 Å². The molecule has 0 aromatic heterocycles. The molecule has 1 aliphatic carbocycles. The number of carbonyl (C=O) groups is 1. The average molecular weight is 292 g/mol. The summed E-state index contributed by atoms with van der Waals surface area (Å²) in [5.41, 5.74) is 1.44. The quantitative estimate of drug-likeness (QED) is 0.828. The normalized spacial score (nSPS) is 21.4. The topological polar surface area (TPSA) is 49.3 Å². The molecule has 1 amide bonds. The number of rotatable bonds is 1. The van der Waals surface area contributed by atoms with E-state index in [1.54, 1.807) is 0 Å². The first-order valence-electron chi connectivity index (χ1n) is 7.06. The third kappa shape index (κ3) is 2.01. The summed E-state index contributed by atoms with van der Waals surface area (Å²) in [6.45, 7) is 1.95. The van der Waals surface area contributed by atoms with Gasteiger partial charge in [-0.05, 0) is 31.4 Å². The fourth-order valence-electron chi connectivity index (χ4n) is 3.28. The number of nitrogens with one attached hydrogen (secondary N) is 1. The molecule has 0 bridgehead atoms. The van der Waals surface area contributed by atoms with E-state index in [-0.39, 0.29) is 11.7 Å². The standard InChI is InChI=1S/C16H18ClNO2/c1-10-5-6-11(12(17)9-10)13-14(19)16(18-15(13)20)7-3-2-4-8-16/h5-6,9,19H,2-4,7-8H2,1H3,(H,18,20). The van der Waals surface area contributed by atoms with Crippen LogP contribution < -0.4 is 5.32 Å². The molecule has 0 radical (unpaired) electrons. The van der Waals surface area contributed by atoms with Crippen molar-refractivity contribution in [2.45, 2.75) is 44.6 Å². The maximum absolute atomic E-state index is 12.3. The predicted octanol–water partition coefficient (Wildman–Crippen LogP) is 3.75. The number of hydrogen-bond acceptors (Lipinski definition) is 2. The van der Waals surface area contributed by atoms with Crippen LogP contribution in [0.15, 0.2) is 24.0 Å². The van der Waals surface area contributed by atoms with Crippen molar-refractivity contribution in [1.29, 1.82) is 0 Å². The Morgan fingerprint density at radius 1 is 1.25 bits per heavy atom. The zero-order chi connectivity index (χ0) is 14.3. The number of aryl methyl sites for hydroxylation is 1. The van der Waals surface area contributed by atoms with Crippen LogP contribution in [0.4, 0.5) is 0 Å². The van der Waals surface area contributed by atoms with Gasteiger partial charge in [-0.2, -0.15) is 0 Å². The summed E-state index contributed by atoms with van der Waals surface area (Å²) >= 11 is 6.24. The van der Waals surface area contributed by atoms with E-state index in [0.29, 0.717) is 16.2 Å². The molecule has 4 heteroatoms. The number of amides is 1. The van der Waals surface area contributed by atoms with Gasteiger partial charge < -0.3 is 10.4 Å². The van der Waals surface area contributed by atoms with Gasteiger partial charge in [-0.3, -0.25) is 4.79 Å². The van der Waals surface area contributed by atoms with Crippen molar-refractivity contribution in [3.05, 3.63) is 40.1 Å². The highest BCUT2D eigenvalue weighted by Gasteiger charge is 2.46.